The Morgan fingerprint density at radius 1 is 1.11 bits per heavy atom. The van der Waals surface area contributed by atoms with E-state index in [0.717, 1.165) is 38.9 Å². The molecule has 0 radical (unpaired) electrons. The molecule has 0 spiro atoms. The van der Waals surface area contributed by atoms with Crippen LogP contribution in [0.25, 0.3) is 0 Å². The van der Waals surface area contributed by atoms with Crippen molar-refractivity contribution in [3.05, 3.63) is 34.4 Å². The Morgan fingerprint density at radius 3 is 2.37 bits per heavy atom. The maximum Gasteiger partial charge on any atom is 0.0632 e. The fourth-order valence-corrected chi connectivity index (χ4v) is 3.16. The molecule has 0 bridgehead atoms. The average molecular weight is 261 g/mol. The van der Waals surface area contributed by atoms with Crippen LogP contribution in [0.4, 0.5) is 0 Å². The van der Waals surface area contributed by atoms with Crippen molar-refractivity contribution in [2.24, 2.45) is 0 Å². The molecule has 0 amide bonds. The molecule has 1 atom stereocenters. The number of aryl methyl sites for hydroxylation is 3. The molecular formula is C17H27NO. The second kappa shape index (κ2) is 5.64. The summed E-state index contributed by atoms with van der Waals surface area (Å²) in [7, 11) is 0. The number of benzene rings is 1. The molecule has 1 unspecified atom stereocenters. The number of aliphatic hydroxyl groups is 1. The van der Waals surface area contributed by atoms with Crippen LogP contribution >= 0.6 is 0 Å². The summed E-state index contributed by atoms with van der Waals surface area (Å²) in [6, 6.07) is 4.55. The second-order valence-electron chi connectivity index (χ2n) is 6.50. The normalized spacial score (nSPS) is 25.3. The lowest BCUT2D eigenvalue weighted by molar-refractivity contribution is 0.0444. The molecule has 1 aliphatic heterocycles. The zero-order valence-electron chi connectivity index (χ0n) is 12.8. The van der Waals surface area contributed by atoms with E-state index in [9.17, 15) is 5.11 Å². The third kappa shape index (κ3) is 3.80. The first kappa shape index (κ1) is 14.5. The molecule has 2 rings (SSSR count). The van der Waals surface area contributed by atoms with Gasteiger partial charge >= 0.3 is 0 Å². The molecular weight excluding hydrogens is 234 g/mol. The van der Waals surface area contributed by atoms with Gasteiger partial charge in [0.05, 0.1) is 5.60 Å². The fraction of sp³-hybridized carbons (Fsp3) is 0.647. The third-order valence-corrected chi connectivity index (χ3v) is 4.38. The molecule has 1 aromatic carbocycles. The van der Waals surface area contributed by atoms with Gasteiger partial charge in [-0.15, -0.1) is 0 Å². The SMILES string of the molecule is Cc1cc(C)c(CN2CCCC(C)(O)CC2)c(C)c1. The highest BCUT2D eigenvalue weighted by molar-refractivity contribution is 5.37. The number of nitrogens with zero attached hydrogens (tertiary/aromatic N) is 1. The summed E-state index contributed by atoms with van der Waals surface area (Å²) >= 11 is 0. The van der Waals surface area contributed by atoms with Crippen molar-refractivity contribution in [2.75, 3.05) is 13.1 Å². The van der Waals surface area contributed by atoms with Crippen molar-refractivity contribution in [3.63, 3.8) is 0 Å². The third-order valence-electron chi connectivity index (χ3n) is 4.38. The second-order valence-corrected chi connectivity index (χ2v) is 6.50. The van der Waals surface area contributed by atoms with Gasteiger partial charge in [0, 0.05) is 13.1 Å². The number of rotatable bonds is 2. The molecule has 1 aromatic rings. The molecule has 1 saturated heterocycles. The van der Waals surface area contributed by atoms with E-state index in [1.807, 2.05) is 6.92 Å². The van der Waals surface area contributed by atoms with Gasteiger partial charge in [-0.25, -0.2) is 0 Å². The monoisotopic (exact) mass is 261 g/mol. The van der Waals surface area contributed by atoms with Crippen LogP contribution in [0.15, 0.2) is 12.1 Å². The molecule has 2 heteroatoms. The van der Waals surface area contributed by atoms with Gasteiger partial charge in [0.25, 0.3) is 0 Å². The lowest BCUT2D eigenvalue weighted by Gasteiger charge is -2.24. The Kier molecular flexibility index (Phi) is 4.32. The molecule has 1 N–H and O–H groups in total. The van der Waals surface area contributed by atoms with Crippen molar-refractivity contribution in [3.8, 4) is 0 Å². The first-order chi connectivity index (χ1) is 8.87. The van der Waals surface area contributed by atoms with Gasteiger partial charge in [-0.3, -0.25) is 4.90 Å². The summed E-state index contributed by atoms with van der Waals surface area (Å²) in [6.07, 6.45) is 2.91. The van der Waals surface area contributed by atoms with Crippen LogP contribution in [0.1, 0.15) is 48.4 Å². The number of hydrogen-bond acceptors (Lipinski definition) is 2. The smallest absolute Gasteiger partial charge is 0.0632 e. The minimum absolute atomic E-state index is 0.466. The Labute approximate surface area is 117 Å². The lowest BCUT2D eigenvalue weighted by Crippen LogP contribution is -2.28. The number of hydrogen-bond donors (Lipinski definition) is 1. The van der Waals surface area contributed by atoms with Crippen molar-refractivity contribution < 1.29 is 5.11 Å². The van der Waals surface area contributed by atoms with Crippen LogP contribution in [0.3, 0.4) is 0 Å². The minimum Gasteiger partial charge on any atom is -0.390 e. The van der Waals surface area contributed by atoms with E-state index in [-0.39, 0.29) is 0 Å². The minimum atomic E-state index is -0.466. The Hall–Kier alpha value is -0.860. The summed E-state index contributed by atoms with van der Waals surface area (Å²) in [5.74, 6) is 0. The zero-order valence-corrected chi connectivity index (χ0v) is 12.8. The van der Waals surface area contributed by atoms with Crippen molar-refractivity contribution in [2.45, 2.75) is 59.1 Å². The Balaban J connectivity index is 2.09. The average Bonchev–Trinajstić information content (AvgIpc) is 2.45. The highest BCUT2D eigenvalue weighted by atomic mass is 16.3. The molecule has 2 nitrogen and oxygen atoms in total. The van der Waals surface area contributed by atoms with E-state index < -0.39 is 5.60 Å². The molecule has 1 fully saturated rings. The van der Waals surface area contributed by atoms with Crippen molar-refractivity contribution in [1.29, 1.82) is 0 Å². The Bertz CT molecular complexity index is 428. The fourth-order valence-electron chi connectivity index (χ4n) is 3.16. The van der Waals surface area contributed by atoms with Crippen LogP contribution in [-0.2, 0) is 6.54 Å². The molecule has 1 aliphatic rings. The van der Waals surface area contributed by atoms with Gasteiger partial charge < -0.3 is 5.11 Å². The van der Waals surface area contributed by atoms with Gasteiger partial charge in [0.15, 0.2) is 0 Å². The van der Waals surface area contributed by atoms with E-state index in [4.69, 9.17) is 0 Å². The van der Waals surface area contributed by atoms with E-state index in [1.54, 1.807) is 0 Å². The molecule has 0 saturated carbocycles. The van der Waals surface area contributed by atoms with E-state index in [1.165, 1.54) is 22.3 Å². The van der Waals surface area contributed by atoms with Gasteiger partial charge in [0.2, 0.25) is 0 Å². The molecule has 1 heterocycles. The van der Waals surface area contributed by atoms with Gasteiger partial charge in [-0.2, -0.15) is 0 Å². The topological polar surface area (TPSA) is 23.5 Å². The molecule has 106 valence electrons. The van der Waals surface area contributed by atoms with Crippen LogP contribution in [0.2, 0.25) is 0 Å². The van der Waals surface area contributed by atoms with Gasteiger partial charge in [-0.1, -0.05) is 17.7 Å². The molecule has 0 aliphatic carbocycles. The maximum absolute atomic E-state index is 10.2. The summed E-state index contributed by atoms with van der Waals surface area (Å²) in [4.78, 5) is 2.49. The van der Waals surface area contributed by atoms with Gasteiger partial charge in [0.1, 0.15) is 0 Å². The first-order valence-corrected chi connectivity index (χ1v) is 7.39. The highest BCUT2D eigenvalue weighted by Crippen LogP contribution is 2.24. The predicted octanol–water partition coefficient (Wildman–Crippen LogP) is 3.35. The quantitative estimate of drug-likeness (QED) is 0.882. The van der Waals surface area contributed by atoms with Crippen molar-refractivity contribution in [1.82, 2.24) is 4.90 Å². The summed E-state index contributed by atoms with van der Waals surface area (Å²) in [5, 5.41) is 10.2. The van der Waals surface area contributed by atoms with Gasteiger partial charge in [-0.05, 0) is 70.2 Å². The predicted molar refractivity (Wildman–Crippen MR) is 80.4 cm³/mol. The molecule has 0 aromatic heterocycles. The van der Waals surface area contributed by atoms with Crippen LogP contribution in [0.5, 0.6) is 0 Å². The summed E-state index contributed by atoms with van der Waals surface area (Å²) in [5.41, 5.74) is 5.14. The van der Waals surface area contributed by atoms with E-state index in [2.05, 4.69) is 37.8 Å². The maximum atomic E-state index is 10.2. The largest absolute Gasteiger partial charge is 0.390 e. The highest BCUT2D eigenvalue weighted by Gasteiger charge is 2.25. The van der Waals surface area contributed by atoms with Crippen LogP contribution in [0, 0.1) is 20.8 Å². The molecule has 19 heavy (non-hydrogen) atoms. The Morgan fingerprint density at radius 2 is 1.74 bits per heavy atom. The van der Waals surface area contributed by atoms with Crippen LogP contribution in [-0.4, -0.2) is 28.7 Å². The zero-order chi connectivity index (χ0) is 14.0. The lowest BCUT2D eigenvalue weighted by atomic mass is 9.98. The summed E-state index contributed by atoms with van der Waals surface area (Å²) in [6.45, 7) is 11.7. The number of likely N-dealkylation sites (tertiary alicyclic amines) is 1. The van der Waals surface area contributed by atoms with E-state index >= 15 is 0 Å². The standard InChI is InChI=1S/C17H27NO/c1-13-10-14(2)16(15(3)11-13)12-18-8-5-6-17(4,19)7-9-18/h10-11,19H,5-9,12H2,1-4H3. The van der Waals surface area contributed by atoms with Crippen LogP contribution < -0.4 is 0 Å². The van der Waals surface area contributed by atoms with E-state index in [0.29, 0.717) is 0 Å². The van der Waals surface area contributed by atoms with Crippen molar-refractivity contribution >= 4 is 0 Å². The first-order valence-electron chi connectivity index (χ1n) is 7.39. The summed E-state index contributed by atoms with van der Waals surface area (Å²) < 4.78 is 0.